The molecule has 0 saturated heterocycles. The smallest absolute Gasteiger partial charge is 0.137 e. The van der Waals surface area contributed by atoms with Gasteiger partial charge < -0.3 is 5.32 Å². The molecule has 0 spiro atoms. The average Bonchev–Trinajstić information content (AvgIpc) is 2.89. The Bertz CT molecular complexity index is 800. The van der Waals surface area contributed by atoms with Gasteiger partial charge in [-0.2, -0.15) is 0 Å². The van der Waals surface area contributed by atoms with Gasteiger partial charge in [0.25, 0.3) is 0 Å². The molecule has 108 valence electrons. The lowest BCUT2D eigenvalue weighted by Gasteiger charge is -2.17. The van der Waals surface area contributed by atoms with Gasteiger partial charge in [-0.05, 0) is 79.0 Å². The highest BCUT2D eigenvalue weighted by Gasteiger charge is 2.18. The minimum Gasteiger partial charge on any atom is -0.309 e. The van der Waals surface area contributed by atoms with Gasteiger partial charge in [0.15, 0.2) is 0 Å². The molecule has 0 bridgehead atoms. The molecular weight excluding hydrogens is 417 g/mol. The summed E-state index contributed by atoms with van der Waals surface area (Å²) in [4.78, 5) is 0. The van der Waals surface area contributed by atoms with Gasteiger partial charge in [-0.15, -0.1) is 11.3 Å². The van der Waals surface area contributed by atoms with Gasteiger partial charge in [0, 0.05) is 9.17 Å². The Morgan fingerprint density at radius 3 is 2.67 bits per heavy atom. The van der Waals surface area contributed by atoms with Crippen LogP contribution in [0.15, 0.2) is 50.7 Å². The fourth-order valence-corrected chi connectivity index (χ4v) is 4.35. The molecule has 21 heavy (non-hydrogen) atoms. The normalized spacial score (nSPS) is 12.8. The van der Waals surface area contributed by atoms with E-state index < -0.39 is 0 Å². The molecule has 0 aliphatic heterocycles. The molecule has 1 nitrogen and oxygen atoms in total. The van der Waals surface area contributed by atoms with E-state index in [4.69, 9.17) is 0 Å². The third-order valence-electron chi connectivity index (χ3n) is 3.46. The first-order valence-electron chi connectivity index (χ1n) is 6.39. The summed E-state index contributed by atoms with van der Waals surface area (Å²) in [7, 11) is 1.89. The largest absolute Gasteiger partial charge is 0.309 e. The van der Waals surface area contributed by atoms with Crippen LogP contribution in [-0.2, 0) is 0 Å². The van der Waals surface area contributed by atoms with Crippen LogP contribution in [0.3, 0.4) is 0 Å². The highest BCUT2D eigenvalue weighted by molar-refractivity contribution is 9.11. The molecule has 3 rings (SSSR count). The molecule has 0 saturated carbocycles. The van der Waals surface area contributed by atoms with Crippen molar-refractivity contribution in [3.05, 3.63) is 67.7 Å². The number of hydrogen-bond acceptors (Lipinski definition) is 2. The van der Waals surface area contributed by atoms with Gasteiger partial charge in [0.2, 0.25) is 0 Å². The van der Waals surface area contributed by atoms with E-state index in [-0.39, 0.29) is 11.9 Å². The molecular formula is C16H12Br2FNS. The van der Waals surface area contributed by atoms with E-state index in [9.17, 15) is 4.39 Å². The zero-order valence-electron chi connectivity index (χ0n) is 11.2. The van der Waals surface area contributed by atoms with Crippen LogP contribution in [0.1, 0.15) is 17.2 Å². The first-order valence-corrected chi connectivity index (χ1v) is 8.86. The van der Waals surface area contributed by atoms with Crippen LogP contribution < -0.4 is 5.32 Å². The Morgan fingerprint density at radius 2 is 1.95 bits per heavy atom. The molecule has 0 fully saturated rings. The molecule has 1 N–H and O–H groups in total. The monoisotopic (exact) mass is 427 g/mol. The van der Waals surface area contributed by atoms with Crippen LogP contribution in [0.5, 0.6) is 0 Å². The summed E-state index contributed by atoms with van der Waals surface area (Å²) >= 11 is 8.48. The van der Waals surface area contributed by atoms with Crippen molar-refractivity contribution in [1.82, 2.24) is 5.32 Å². The van der Waals surface area contributed by atoms with Gasteiger partial charge in [-0.1, -0.05) is 18.2 Å². The standard InChI is InChI=1S/C16H12Br2FNS/c1-20-15(9-5-6-12(17)14(19)7-9)11-8-21-16-10(11)3-2-4-13(16)18/h2-8,15,20H,1H3. The fourth-order valence-electron chi connectivity index (χ4n) is 2.46. The van der Waals surface area contributed by atoms with Crippen molar-refractivity contribution in [3.8, 4) is 0 Å². The van der Waals surface area contributed by atoms with Crippen molar-refractivity contribution in [2.45, 2.75) is 6.04 Å². The highest BCUT2D eigenvalue weighted by Crippen LogP contribution is 2.37. The average molecular weight is 429 g/mol. The third-order valence-corrected chi connectivity index (χ3v) is 6.07. The number of thiophene rings is 1. The molecule has 2 aromatic carbocycles. The summed E-state index contributed by atoms with van der Waals surface area (Å²) in [6.45, 7) is 0. The SMILES string of the molecule is CNC(c1ccc(Br)c(F)c1)c1csc2c(Br)cccc12. The summed E-state index contributed by atoms with van der Waals surface area (Å²) in [6.07, 6.45) is 0. The summed E-state index contributed by atoms with van der Waals surface area (Å²) in [5.74, 6) is -0.242. The van der Waals surface area contributed by atoms with Crippen molar-refractivity contribution in [1.29, 1.82) is 0 Å². The molecule has 0 radical (unpaired) electrons. The van der Waals surface area contributed by atoms with E-state index in [1.54, 1.807) is 23.5 Å². The first kappa shape index (κ1) is 15.2. The first-order chi connectivity index (χ1) is 10.1. The Morgan fingerprint density at radius 1 is 1.14 bits per heavy atom. The fraction of sp³-hybridized carbons (Fsp3) is 0.125. The molecule has 1 unspecified atom stereocenters. The van der Waals surface area contributed by atoms with E-state index in [2.05, 4.69) is 48.6 Å². The molecule has 1 aromatic heterocycles. The topological polar surface area (TPSA) is 12.0 Å². The molecule has 0 amide bonds. The zero-order chi connectivity index (χ0) is 15.0. The van der Waals surface area contributed by atoms with Gasteiger partial charge in [0.05, 0.1) is 10.5 Å². The summed E-state index contributed by atoms with van der Waals surface area (Å²) in [5, 5.41) is 6.62. The second kappa shape index (κ2) is 6.16. The van der Waals surface area contributed by atoms with Crippen molar-refractivity contribution in [2.75, 3.05) is 7.05 Å². The number of nitrogens with one attached hydrogen (secondary N) is 1. The molecule has 3 aromatic rings. The minimum atomic E-state index is -0.242. The second-order valence-corrected chi connectivity index (χ2v) is 7.29. The summed E-state index contributed by atoms with van der Waals surface area (Å²) in [5.41, 5.74) is 2.08. The zero-order valence-corrected chi connectivity index (χ0v) is 15.1. The van der Waals surface area contributed by atoms with Crippen molar-refractivity contribution >= 4 is 53.3 Å². The number of halogens is 3. The lowest BCUT2D eigenvalue weighted by molar-refractivity contribution is 0.611. The Balaban J connectivity index is 2.14. The maximum atomic E-state index is 13.8. The molecule has 0 aliphatic rings. The third kappa shape index (κ3) is 2.80. The van der Waals surface area contributed by atoms with E-state index >= 15 is 0 Å². The predicted molar refractivity (Wildman–Crippen MR) is 94.5 cm³/mol. The van der Waals surface area contributed by atoms with Crippen LogP contribution >= 0.6 is 43.2 Å². The van der Waals surface area contributed by atoms with Crippen LogP contribution in [0.2, 0.25) is 0 Å². The number of rotatable bonds is 3. The number of benzene rings is 2. The minimum absolute atomic E-state index is 0.0318. The van der Waals surface area contributed by atoms with E-state index in [0.29, 0.717) is 4.47 Å². The Labute approximate surface area is 143 Å². The van der Waals surface area contributed by atoms with Crippen LogP contribution in [-0.4, -0.2) is 7.05 Å². The van der Waals surface area contributed by atoms with E-state index in [0.717, 1.165) is 10.0 Å². The van der Waals surface area contributed by atoms with Gasteiger partial charge in [0.1, 0.15) is 5.82 Å². The summed E-state index contributed by atoms with van der Waals surface area (Å²) < 4.78 is 16.6. The highest BCUT2D eigenvalue weighted by atomic mass is 79.9. The lowest BCUT2D eigenvalue weighted by atomic mass is 9.98. The second-order valence-electron chi connectivity index (χ2n) is 4.70. The quantitative estimate of drug-likeness (QED) is 0.549. The maximum absolute atomic E-state index is 13.8. The maximum Gasteiger partial charge on any atom is 0.137 e. The Hall–Kier alpha value is -0.750. The van der Waals surface area contributed by atoms with Crippen molar-refractivity contribution < 1.29 is 4.39 Å². The van der Waals surface area contributed by atoms with Crippen LogP contribution in [0, 0.1) is 5.82 Å². The van der Waals surface area contributed by atoms with Crippen molar-refractivity contribution in [2.24, 2.45) is 0 Å². The molecule has 0 aliphatic carbocycles. The summed E-state index contributed by atoms with van der Waals surface area (Å²) in [6, 6.07) is 11.4. The van der Waals surface area contributed by atoms with Crippen molar-refractivity contribution in [3.63, 3.8) is 0 Å². The van der Waals surface area contributed by atoms with Crippen LogP contribution in [0.4, 0.5) is 4.39 Å². The molecule has 1 heterocycles. The van der Waals surface area contributed by atoms with Gasteiger partial charge in [-0.3, -0.25) is 0 Å². The lowest BCUT2D eigenvalue weighted by Crippen LogP contribution is -2.17. The number of fused-ring (bicyclic) bond motifs is 1. The van der Waals surface area contributed by atoms with E-state index in [1.807, 2.05) is 25.2 Å². The number of hydrogen-bond donors (Lipinski definition) is 1. The van der Waals surface area contributed by atoms with Crippen LogP contribution in [0.25, 0.3) is 10.1 Å². The predicted octanol–water partition coefficient (Wildman–Crippen LogP) is 5.87. The van der Waals surface area contributed by atoms with Gasteiger partial charge >= 0.3 is 0 Å². The van der Waals surface area contributed by atoms with Gasteiger partial charge in [-0.25, -0.2) is 4.39 Å². The van der Waals surface area contributed by atoms with E-state index in [1.165, 1.54) is 15.6 Å². The molecule has 5 heteroatoms. The Kier molecular flexibility index (Phi) is 4.45. The molecule has 1 atom stereocenters.